The first-order valence-corrected chi connectivity index (χ1v) is 6.27. The average Bonchev–Trinajstić information content (AvgIpc) is 2.83. The zero-order chi connectivity index (χ0) is 14.1. The van der Waals surface area contributed by atoms with E-state index < -0.39 is 5.97 Å². The summed E-state index contributed by atoms with van der Waals surface area (Å²) in [5, 5.41) is 13.4. The van der Waals surface area contributed by atoms with E-state index in [2.05, 4.69) is 10.1 Å². The third kappa shape index (κ3) is 2.14. The minimum absolute atomic E-state index is 0.117. The van der Waals surface area contributed by atoms with Crippen molar-refractivity contribution in [1.29, 1.82) is 0 Å². The highest BCUT2D eigenvalue weighted by atomic mass is 16.4. The van der Waals surface area contributed by atoms with Crippen LogP contribution in [0, 0.1) is 6.92 Å². The van der Waals surface area contributed by atoms with Gasteiger partial charge in [0, 0.05) is 6.42 Å². The molecule has 0 aliphatic rings. The standard InChI is InChI=1S/C15H13N3O2/c1-10-5-2-3-6-11(10)9-13-16-14-8-4-7-12(15(19)20)18(14)17-13/h2-8H,9H2,1H3,(H,19,20). The van der Waals surface area contributed by atoms with Crippen molar-refractivity contribution >= 4 is 11.6 Å². The maximum Gasteiger partial charge on any atom is 0.354 e. The van der Waals surface area contributed by atoms with Gasteiger partial charge >= 0.3 is 5.97 Å². The quantitative estimate of drug-likeness (QED) is 0.790. The number of rotatable bonds is 3. The van der Waals surface area contributed by atoms with Crippen molar-refractivity contribution in [3.8, 4) is 0 Å². The Kier molecular flexibility index (Phi) is 2.95. The van der Waals surface area contributed by atoms with Gasteiger partial charge in [0.05, 0.1) is 0 Å². The molecule has 0 radical (unpaired) electrons. The Morgan fingerprint density at radius 2 is 2.00 bits per heavy atom. The smallest absolute Gasteiger partial charge is 0.354 e. The number of fused-ring (bicyclic) bond motifs is 1. The highest BCUT2D eigenvalue weighted by Crippen LogP contribution is 2.13. The molecule has 3 aromatic rings. The highest BCUT2D eigenvalue weighted by Gasteiger charge is 2.12. The molecule has 100 valence electrons. The maximum absolute atomic E-state index is 11.1. The van der Waals surface area contributed by atoms with Gasteiger partial charge < -0.3 is 5.11 Å². The van der Waals surface area contributed by atoms with Crippen molar-refractivity contribution in [2.45, 2.75) is 13.3 Å². The van der Waals surface area contributed by atoms with Crippen molar-refractivity contribution in [2.75, 3.05) is 0 Å². The summed E-state index contributed by atoms with van der Waals surface area (Å²) in [6, 6.07) is 13.0. The summed E-state index contributed by atoms with van der Waals surface area (Å²) < 4.78 is 1.37. The highest BCUT2D eigenvalue weighted by molar-refractivity contribution is 5.86. The van der Waals surface area contributed by atoms with Gasteiger partial charge in [0.2, 0.25) is 0 Å². The molecular formula is C15H13N3O2. The van der Waals surface area contributed by atoms with Crippen molar-refractivity contribution < 1.29 is 9.90 Å². The number of aromatic nitrogens is 3. The minimum Gasteiger partial charge on any atom is -0.477 e. The summed E-state index contributed by atoms with van der Waals surface area (Å²) in [5.41, 5.74) is 2.98. The molecule has 0 aliphatic heterocycles. The molecule has 1 aromatic carbocycles. The molecule has 0 bridgehead atoms. The molecule has 20 heavy (non-hydrogen) atoms. The third-order valence-corrected chi connectivity index (χ3v) is 3.23. The van der Waals surface area contributed by atoms with E-state index in [1.54, 1.807) is 12.1 Å². The number of aromatic carboxylic acids is 1. The van der Waals surface area contributed by atoms with Gasteiger partial charge in [0.1, 0.15) is 0 Å². The first kappa shape index (κ1) is 12.3. The number of carboxylic acids is 1. The van der Waals surface area contributed by atoms with Gasteiger partial charge in [-0.3, -0.25) is 0 Å². The van der Waals surface area contributed by atoms with Crippen molar-refractivity contribution in [2.24, 2.45) is 0 Å². The lowest BCUT2D eigenvalue weighted by atomic mass is 10.1. The summed E-state index contributed by atoms with van der Waals surface area (Å²) in [6.45, 7) is 2.04. The summed E-state index contributed by atoms with van der Waals surface area (Å²) >= 11 is 0. The largest absolute Gasteiger partial charge is 0.477 e. The van der Waals surface area contributed by atoms with E-state index in [9.17, 15) is 4.79 Å². The lowest BCUT2D eigenvalue weighted by Crippen LogP contribution is -2.06. The summed E-state index contributed by atoms with van der Waals surface area (Å²) in [5.74, 6) is -0.393. The van der Waals surface area contributed by atoms with Crippen LogP contribution in [-0.2, 0) is 6.42 Å². The summed E-state index contributed by atoms with van der Waals surface area (Å²) in [7, 11) is 0. The topological polar surface area (TPSA) is 67.5 Å². The molecular weight excluding hydrogens is 254 g/mol. The molecule has 2 heterocycles. The molecule has 5 nitrogen and oxygen atoms in total. The normalized spacial score (nSPS) is 10.8. The number of aryl methyl sites for hydroxylation is 1. The lowest BCUT2D eigenvalue weighted by Gasteiger charge is -2.01. The zero-order valence-electron chi connectivity index (χ0n) is 10.9. The van der Waals surface area contributed by atoms with Crippen LogP contribution in [0.3, 0.4) is 0 Å². The fourth-order valence-electron chi connectivity index (χ4n) is 2.17. The first-order valence-electron chi connectivity index (χ1n) is 6.27. The molecule has 1 N–H and O–H groups in total. The van der Waals surface area contributed by atoms with Gasteiger partial charge in [-0.25, -0.2) is 14.3 Å². The van der Waals surface area contributed by atoms with E-state index in [0.717, 1.165) is 5.56 Å². The van der Waals surface area contributed by atoms with Crippen LogP contribution in [0.5, 0.6) is 0 Å². The number of hydrogen-bond acceptors (Lipinski definition) is 3. The molecule has 0 spiro atoms. The van der Waals surface area contributed by atoms with E-state index in [0.29, 0.717) is 17.9 Å². The number of nitrogens with zero attached hydrogens (tertiary/aromatic N) is 3. The van der Waals surface area contributed by atoms with Crippen molar-refractivity contribution in [3.63, 3.8) is 0 Å². The molecule has 2 aromatic heterocycles. The predicted octanol–water partition coefficient (Wildman–Crippen LogP) is 2.33. The van der Waals surface area contributed by atoms with Gasteiger partial charge in [-0.05, 0) is 30.2 Å². The van der Waals surface area contributed by atoms with E-state index in [4.69, 9.17) is 5.11 Å². The Bertz CT molecular complexity index is 793. The van der Waals surface area contributed by atoms with Crippen molar-refractivity contribution in [3.05, 3.63) is 65.1 Å². The molecule has 0 saturated carbocycles. The zero-order valence-corrected chi connectivity index (χ0v) is 10.9. The second-order valence-corrected chi connectivity index (χ2v) is 4.62. The van der Waals surface area contributed by atoms with Crippen LogP contribution >= 0.6 is 0 Å². The van der Waals surface area contributed by atoms with Gasteiger partial charge in [-0.2, -0.15) is 5.10 Å². The first-order chi connectivity index (χ1) is 9.65. The third-order valence-electron chi connectivity index (χ3n) is 3.23. The number of benzene rings is 1. The van der Waals surface area contributed by atoms with E-state index in [1.807, 2.05) is 31.2 Å². The molecule has 0 atom stereocenters. The Morgan fingerprint density at radius 3 is 2.75 bits per heavy atom. The maximum atomic E-state index is 11.1. The van der Waals surface area contributed by atoms with Crippen LogP contribution in [0.2, 0.25) is 0 Å². The van der Waals surface area contributed by atoms with Gasteiger partial charge in [0.25, 0.3) is 0 Å². The van der Waals surface area contributed by atoms with Crippen LogP contribution in [0.1, 0.15) is 27.4 Å². The second kappa shape index (κ2) is 4.77. The Balaban J connectivity index is 2.04. The molecule has 0 amide bonds. The van der Waals surface area contributed by atoms with Crippen LogP contribution in [-0.4, -0.2) is 25.7 Å². The van der Waals surface area contributed by atoms with Gasteiger partial charge in [0.15, 0.2) is 17.2 Å². The Labute approximate surface area is 115 Å². The number of hydrogen-bond donors (Lipinski definition) is 1. The molecule has 0 unspecified atom stereocenters. The number of pyridine rings is 1. The van der Waals surface area contributed by atoms with Crippen LogP contribution in [0.4, 0.5) is 0 Å². The Morgan fingerprint density at radius 1 is 1.20 bits per heavy atom. The van der Waals surface area contributed by atoms with E-state index in [1.165, 1.54) is 16.1 Å². The van der Waals surface area contributed by atoms with E-state index >= 15 is 0 Å². The molecule has 3 rings (SSSR count). The lowest BCUT2D eigenvalue weighted by molar-refractivity contribution is 0.0687. The van der Waals surface area contributed by atoms with Crippen LogP contribution < -0.4 is 0 Å². The monoisotopic (exact) mass is 267 g/mol. The second-order valence-electron chi connectivity index (χ2n) is 4.62. The molecule has 0 saturated heterocycles. The fourth-order valence-corrected chi connectivity index (χ4v) is 2.17. The minimum atomic E-state index is -1.01. The van der Waals surface area contributed by atoms with Gasteiger partial charge in [-0.15, -0.1) is 0 Å². The van der Waals surface area contributed by atoms with Crippen molar-refractivity contribution in [1.82, 2.24) is 14.6 Å². The SMILES string of the molecule is Cc1ccccc1Cc1nc2cccc(C(=O)O)n2n1. The Hall–Kier alpha value is -2.69. The fraction of sp³-hybridized carbons (Fsp3) is 0.133. The number of carboxylic acid groups (broad SMARTS) is 1. The van der Waals surface area contributed by atoms with Crippen LogP contribution in [0.25, 0.3) is 5.65 Å². The predicted molar refractivity (Wildman–Crippen MR) is 73.9 cm³/mol. The van der Waals surface area contributed by atoms with E-state index in [-0.39, 0.29) is 5.69 Å². The molecule has 0 fully saturated rings. The van der Waals surface area contributed by atoms with Crippen LogP contribution in [0.15, 0.2) is 42.5 Å². The summed E-state index contributed by atoms with van der Waals surface area (Å²) in [6.07, 6.45) is 0.591. The average molecular weight is 267 g/mol. The molecule has 0 aliphatic carbocycles. The number of carbonyl (C=O) groups is 1. The summed E-state index contributed by atoms with van der Waals surface area (Å²) in [4.78, 5) is 15.5. The van der Waals surface area contributed by atoms with Gasteiger partial charge in [-0.1, -0.05) is 30.3 Å². The molecule has 5 heteroatoms.